The van der Waals surface area contributed by atoms with E-state index < -0.39 is 5.97 Å². The van der Waals surface area contributed by atoms with E-state index in [0.717, 1.165) is 6.42 Å². The third-order valence-electron chi connectivity index (χ3n) is 1.83. The number of hydrogen-bond acceptors (Lipinski definition) is 1. The number of aliphatic carboxylic acids is 1. The summed E-state index contributed by atoms with van der Waals surface area (Å²) in [6.07, 6.45) is 7.74. The van der Waals surface area contributed by atoms with Crippen LogP contribution in [0.2, 0.25) is 0 Å². The van der Waals surface area contributed by atoms with E-state index in [4.69, 9.17) is 5.11 Å². The van der Waals surface area contributed by atoms with Crippen LogP contribution in [0, 0.1) is 5.92 Å². The second-order valence-electron chi connectivity index (χ2n) is 3.17. The summed E-state index contributed by atoms with van der Waals surface area (Å²) < 4.78 is 0. The summed E-state index contributed by atoms with van der Waals surface area (Å²) >= 11 is 0. The highest BCUT2D eigenvalue weighted by Crippen LogP contribution is 2.09. The van der Waals surface area contributed by atoms with Gasteiger partial charge in [0.25, 0.3) is 0 Å². The second-order valence-corrected chi connectivity index (χ2v) is 3.17. The van der Waals surface area contributed by atoms with Crippen LogP contribution in [0.5, 0.6) is 0 Å². The molecule has 0 saturated carbocycles. The smallest absolute Gasteiger partial charge is 0.327 e. The van der Waals surface area contributed by atoms with Crippen LogP contribution in [0.1, 0.15) is 39.5 Å². The van der Waals surface area contributed by atoms with Gasteiger partial charge in [0.2, 0.25) is 0 Å². The molecule has 12 heavy (non-hydrogen) atoms. The first-order valence-corrected chi connectivity index (χ1v) is 4.58. The summed E-state index contributed by atoms with van der Waals surface area (Å²) in [4.78, 5) is 10.1. The zero-order valence-electron chi connectivity index (χ0n) is 7.92. The predicted molar refractivity (Wildman–Crippen MR) is 50.1 cm³/mol. The quantitative estimate of drug-likeness (QED) is 0.491. The first-order chi connectivity index (χ1) is 5.66. The molecule has 0 aliphatic rings. The molecule has 0 radical (unpaired) electrons. The highest BCUT2D eigenvalue weighted by molar-refractivity contribution is 5.79. The average molecular weight is 170 g/mol. The molecule has 1 atom stereocenters. The molecule has 0 bridgehead atoms. The zero-order valence-corrected chi connectivity index (χ0v) is 7.92. The Hall–Kier alpha value is -0.790. The van der Waals surface area contributed by atoms with Crippen LogP contribution in [0.3, 0.4) is 0 Å². The Balaban J connectivity index is 3.45. The molecule has 0 saturated heterocycles. The third-order valence-corrected chi connectivity index (χ3v) is 1.83. The van der Waals surface area contributed by atoms with Crippen LogP contribution >= 0.6 is 0 Å². The van der Waals surface area contributed by atoms with E-state index in [1.54, 1.807) is 6.08 Å². The molecule has 0 amide bonds. The van der Waals surface area contributed by atoms with Gasteiger partial charge >= 0.3 is 5.97 Å². The van der Waals surface area contributed by atoms with E-state index in [1.807, 2.05) is 0 Å². The van der Waals surface area contributed by atoms with Crippen LogP contribution in [0.15, 0.2) is 12.2 Å². The van der Waals surface area contributed by atoms with Crippen LogP contribution in [-0.2, 0) is 4.79 Å². The minimum absolute atomic E-state index is 0.396. The Bertz CT molecular complexity index is 150. The standard InChI is InChI=1S/C10H18O2/c1-3-4-5-6-9(2)7-8-10(11)12/h7-9H,3-6H2,1-2H3,(H,11,12). The van der Waals surface area contributed by atoms with Crippen molar-refractivity contribution in [2.75, 3.05) is 0 Å². The minimum Gasteiger partial charge on any atom is -0.478 e. The fourth-order valence-corrected chi connectivity index (χ4v) is 1.06. The summed E-state index contributed by atoms with van der Waals surface area (Å²) in [6, 6.07) is 0. The van der Waals surface area contributed by atoms with Crippen LogP contribution in [0.25, 0.3) is 0 Å². The highest BCUT2D eigenvalue weighted by atomic mass is 16.4. The molecule has 0 heterocycles. The molecule has 1 N–H and O–H groups in total. The summed E-state index contributed by atoms with van der Waals surface area (Å²) in [6.45, 7) is 4.22. The zero-order chi connectivity index (χ0) is 9.40. The van der Waals surface area contributed by atoms with Crippen LogP contribution in [0.4, 0.5) is 0 Å². The lowest BCUT2D eigenvalue weighted by atomic mass is 10.0. The predicted octanol–water partition coefficient (Wildman–Crippen LogP) is 2.84. The number of carboxylic acid groups (broad SMARTS) is 1. The Kier molecular flexibility index (Phi) is 6.44. The van der Waals surface area contributed by atoms with Crippen molar-refractivity contribution >= 4 is 5.97 Å². The number of allylic oxidation sites excluding steroid dienone is 1. The number of carboxylic acids is 1. The van der Waals surface area contributed by atoms with E-state index in [0.29, 0.717) is 5.92 Å². The lowest BCUT2D eigenvalue weighted by Crippen LogP contribution is -1.93. The maximum absolute atomic E-state index is 10.1. The first kappa shape index (κ1) is 11.2. The van der Waals surface area contributed by atoms with Gasteiger partial charge in [0, 0.05) is 6.08 Å². The van der Waals surface area contributed by atoms with Gasteiger partial charge < -0.3 is 5.11 Å². The molecule has 0 aromatic rings. The monoisotopic (exact) mass is 170 g/mol. The molecular formula is C10H18O2. The van der Waals surface area contributed by atoms with Crippen molar-refractivity contribution < 1.29 is 9.90 Å². The van der Waals surface area contributed by atoms with Gasteiger partial charge in [-0.05, 0) is 12.3 Å². The molecule has 0 fully saturated rings. The SMILES string of the molecule is CCCCCC(C)C=CC(=O)O. The number of unbranched alkanes of at least 4 members (excludes halogenated alkanes) is 2. The minimum atomic E-state index is -0.850. The normalized spacial score (nSPS) is 13.5. The molecule has 0 rings (SSSR count). The Labute approximate surface area is 74.3 Å². The maximum Gasteiger partial charge on any atom is 0.327 e. The van der Waals surface area contributed by atoms with Crippen molar-refractivity contribution in [3.63, 3.8) is 0 Å². The Morgan fingerprint density at radius 2 is 2.17 bits per heavy atom. The largest absolute Gasteiger partial charge is 0.478 e. The number of hydrogen-bond donors (Lipinski definition) is 1. The highest BCUT2D eigenvalue weighted by Gasteiger charge is 1.96. The van der Waals surface area contributed by atoms with Gasteiger partial charge in [-0.3, -0.25) is 0 Å². The van der Waals surface area contributed by atoms with E-state index in [1.165, 1.54) is 25.3 Å². The molecule has 0 aromatic carbocycles. The van der Waals surface area contributed by atoms with Gasteiger partial charge in [0.05, 0.1) is 0 Å². The summed E-state index contributed by atoms with van der Waals surface area (Å²) in [7, 11) is 0. The molecule has 2 nitrogen and oxygen atoms in total. The van der Waals surface area contributed by atoms with Crippen LogP contribution < -0.4 is 0 Å². The number of carbonyl (C=O) groups is 1. The first-order valence-electron chi connectivity index (χ1n) is 4.58. The van der Waals surface area contributed by atoms with E-state index in [9.17, 15) is 4.79 Å². The van der Waals surface area contributed by atoms with Gasteiger partial charge in [0.15, 0.2) is 0 Å². The van der Waals surface area contributed by atoms with Crippen molar-refractivity contribution in [3.8, 4) is 0 Å². The van der Waals surface area contributed by atoms with Crippen molar-refractivity contribution in [3.05, 3.63) is 12.2 Å². The van der Waals surface area contributed by atoms with Crippen molar-refractivity contribution in [2.24, 2.45) is 5.92 Å². The van der Waals surface area contributed by atoms with Gasteiger partial charge in [0.1, 0.15) is 0 Å². The molecule has 0 spiro atoms. The summed E-state index contributed by atoms with van der Waals surface area (Å²) in [5.41, 5.74) is 0. The maximum atomic E-state index is 10.1. The number of rotatable bonds is 6. The topological polar surface area (TPSA) is 37.3 Å². The molecule has 2 heteroatoms. The molecule has 0 aliphatic heterocycles. The van der Waals surface area contributed by atoms with Crippen molar-refractivity contribution in [1.82, 2.24) is 0 Å². The van der Waals surface area contributed by atoms with Crippen LogP contribution in [-0.4, -0.2) is 11.1 Å². The summed E-state index contributed by atoms with van der Waals surface area (Å²) in [5, 5.41) is 8.35. The Morgan fingerprint density at radius 1 is 1.50 bits per heavy atom. The fraction of sp³-hybridized carbons (Fsp3) is 0.700. The van der Waals surface area contributed by atoms with Gasteiger partial charge in [-0.15, -0.1) is 0 Å². The van der Waals surface area contributed by atoms with E-state index in [2.05, 4.69) is 13.8 Å². The van der Waals surface area contributed by atoms with E-state index in [-0.39, 0.29) is 0 Å². The molecule has 1 unspecified atom stereocenters. The van der Waals surface area contributed by atoms with Gasteiger partial charge in [-0.25, -0.2) is 4.79 Å². The fourth-order valence-electron chi connectivity index (χ4n) is 1.06. The molecular weight excluding hydrogens is 152 g/mol. The molecule has 0 aromatic heterocycles. The second kappa shape index (κ2) is 6.89. The summed E-state index contributed by atoms with van der Waals surface area (Å²) in [5.74, 6) is -0.454. The molecule has 70 valence electrons. The van der Waals surface area contributed by atoms with E-state index >= 15 is 0 Å². The van der Waals surface area contributed by atoms with Gasteiger partial charge in [-0.2, -0.15) is 0 Å². The third kappa shape index (κ3) is 7.32. The lowest BCUT2D eigenvalue weighted by molar-refractivity contribution is -0.131. The Morgan fingerprint density at radius 3 is 2.67 bits per heavy atom. The molecule has 0 aliphatic carbocycles. The van der Waals surface area contributed by atoms with Gasteiger partial charge in [-0.1, -0.05) is 39.2 Å². The van der Waals surface area contributed by atoms with Crippen molar-refractivity contribution in [1.29, 1.82) is 0 Å². The lowest BCUT2D eigenvalue weighted by Gasteiger charge is -2.03. The van der Waals surface area contributed by atoms with Crippen molar-refractivity contribution in [2.45, 2.75) is 39.5 Å². The average Bonchev–Trinajstić information content (AvgIpc) is 2.01.